The maximum Gasteiger partial charge on any atom is 0.321 e. The number of hydrogen-bond donors (Lipinski definition) is 2. The minimum absolute atomic E-state index is 0.184. The molecule has 3 amide bonds. The fourth-order valence-corrected chi connectivity index (χ4v) is 1.80. The summed E-state index contributed by atoms with van der Waals surface area (Å²) >= 11 is 0. The third kappa shape index (κ3) is 7.43. The van der Waals surface area contributed by atoms with Gasteiger partial charge in [0, 0.05) is 20.2 Å². The highest BCUT2D eigenvalue weighted by atomic mass is 16.5. The van der Waals surface area contributed by atoms with Crippen molar-refractivity contribution in [2.45, 2.75) is 13.5 Å². The molecule has 0 fully saturated rings. The van der Waals surface area contributed by atoms with Gasteiger partial charge in [-0.3, -0.25) is 15.0 Å². The zero-order valence-corrected chi connectivity index (χ0v) is 12.6. The second kappa shape index (κ2) is 9.90. The van der Waals surface area contributed by atoms with Crippen LogP contribution in [0.25, 0.3) is 0 Å². The number of ether oxygens (including phenoxy) is 1. The summed E-state index contributed by atoms with van der Waals surface area (Å²) in [5.41, 5.74) is 1.14. The Hall–Kier alpha value is -1.92. The first-order chi connectivity index (χ1) is 10.2. The Morgan fingerprint density at radius 2 is 1.95 bits per heavy atom. The minimum Gasteiger partial charge on any atom is -0.383 e. The number of methoxy groups -OCH3 is 1. The summed E-state index contributed by atoms with van der Waals surface area (Å²) in [4.78, 5) is 25.2. The van der Waals surface area contributed by atoms with Crippen LogP contribution in [0.4, 0.5) is 4.79 Å². The smallest absolute Gasteiger partial charge is 0.321 e. The maximum atomic E-state index is 11.8. The molecule has 116 valence electrons. The molecule has 6 heteroatoms. The predicted octanol–water partition coefficient (Wildman–Crippen LogP) is 0.981. The summed E-state index contributed by atoms with van der Waals surface area (Å²) < 4.78 is 4.81. The Morgan fingerprint density at radius 1 is 1.24 bits per heavy atom. The van der Waals surface area contributed by atoms with Crippen molar-refractivity contribution >= 4 is 11.9 Å². The van der Waals surface area contributed by atoms with Crippen LogP contribution in [-0.2, 0) is 16.1 Å². The predicted molar refractivity (Wildman–Crippen MR) is 80.8 cm³/mol. The van der Waals surface area contributed by atoms with Gasteiger partial charge in [-0.05, 0) is 12.1 Å². The van der Waals surface area contributed by atoms with Crippen molar-refractivity contribution < 1.29 is 14.3 Å². The van der Waals surface area contributed by atoms with Crippen molar-refractivity contribution in [3.63, 3.8) is 0 Å². The highest BCUT2D eigenvalue weighted by Gasteiger charge is 2.12. The Kier molecular flexibility index (Phi) is 8.08. The molecular weight excluding hydrogens is 270 g/mol. The fourth-order valence-electron chi connectivity index (χ4n) is 1.80. The number of hydrogen-bond acceptors (Lipinski definition) is 4. The lowest BCUT2D eigenvalue weighted by Crippen LogP contribution is -2.45. The molecule has 0 aliphatic rings. The van der Waals surface area contributed by atoms with Crippen LogP contribution >= 0.6 is 0 Å². The molecule has 21 heavy (non-hydrogen) atoms. The van der Waals surface area contributed by atoms with Crippen LogP contribution in [0.1, 0.15) is 12.5 Å². The van der Waals surface area contributed by atoms with E-state index in [-0.39, 0.29) is 12.5 Å². The molecule has 2 N–H and O–H groups in total. The Bertz CT molecular complexity index is 437. The SMILES string of the molecule is CCN(CC(=O)NC(=O)NCCOC)Cc1ccccc1. The number of benzene rings is 1. The first-order valence-electron chi connectivity index (χ1n) is 6.98. The van der Waals surface area contributed by atoms with Crippen LogP contribution in [-0.4, -0.2) is 50.2 Å². The molecule has 0 heterocycles. The number of amides is 3. The number of carbonyl (C=O) groups excluding carboxylic acids is 2. The molecule has 6 nitrogen and oxygen atoms in total. The van der Waals surface area contributed by atoms with E-state index in [2.05, 4.69) is 10.6 Å². The van der Waals surface area contributed by atoms with Crippen molar-refractivity contribution in [3.8, 4) is 0 Å². The number of imide groups is 1. The highest BCUT2D eigenvalue weighted by molar-refractivity contribution is 5.95. The maximum absolute atomic E-state index is 11.8. The number of rotatable bonds is 8. The molecule has 0 aliphatic carbocycles. The largest absolute Gasteiger partial charge is 0.383 e. The average Bonchev–Trinajstić information content (AvgIpc) is 2.47. The fraction of sp³-hybridized carbons (Fsp3) is 0.467. The van der Waals surface area contributed by atoms with E-state index in [0.29, 0.717) is 19.7 Å². The number of likely N-dealkylation sites (N-methyl/N-ethyl adjacent to an activating group) is 1. The summed E-state index contributed by atoms with van der Waals surface area (Å²) in [7, 11) is 1.55. The summed E-state index contributed by atoms with van der Waals surface area (Å²) in [6.45, 7) is 4.36. The monoisotopic (exact) mass is 293 g/mol. The van der Waals surface area contributed by atoms with Crippen molar-refractivity contribution in [3.05, 3.63) is 35.9 Å². The summed E-state index contributed by atoms with van der Waals surface area (Å²) in [6.07, 6.45) is 0. The van der Waals surface area contributed by atoms with E-state index in [0.717, 1.165) is 12.1 Å². The summed E-state index contributed by atoms with van der Waals surface area (Å²) in [6, 6.07) is 9.42. The first kappa shape index (κ1) is 17.1. The minimum atomic E-state index is -0.493. The number of nitrogens with one attached hydrogen (secondary N) is 2. The number of carbonyl (C=O) groups is 2. The molecule has 0 spiro atoms. The normalized spacial score (nSPS) is 10.4. The zero-order chi connectivity index (χ0) is 15.5. The lowest BCUT2D eigenvalue weighted by atomic mass is 10.2. The van der Waals surface area contributed by atoms with Crippen LogP contribution in [0.2, 0.25) is 0 Å². The van der Waals surface area contributed by atoms with Crippen molar-refractivity contribution in [1.82, 2.24) is 15.5 Å². The van der Waals surface area contributed by atoms with Gasteiger partial charge in [0.25, 0.3) is 0 Å². The van der Waals surface area contributed by atoms with Crippen molar-refractivity contribution in [2.24, 2.45) is 0 Å². The van der Waals surface area contributed by atoms with E-state index in [1.165, 1.54) is 0 Å². The topological polar surface area (TPSA) is 70.7 Å². The average molecular weight is 293 g/mol. The molecule has 0 saturated carbocycles. The molecular formula is C15H23N3O3. The van der Waals surface area contributed by atoms with E-state index in [4.69, 9.17) is 4.74 Å². The van der Waals surface area contributed by atoms with Crippen LogP contribution in [0.5, 0.6) is 0 Å². The van der Waals surface area contributed by atoms with Gasteiger partial charge in [0.15, 0.2) is 0 Å². The van der Waals surface area contributed by atoms with Crippen LogP contribution < -0.4 is 10.6 Å². The molecule has 1 rings (SSSR count). The molecule has 0 aromatic heterocycles. The van der Waals surface area contributed by atoms with Crippen LogP contribution in [0.15, 0.2) is 30.3 Å². The van der Waals surface area contributed by atoms with E-state index < -0.39 is 6.03 Å². The van der Waals surface area contributed by atoms with Gasteiger partial charge in [0.2, 0.25) is 5.91 Å². The van der Waals surface area contributed by atoms with Gasteiger partial charge in [-0.2, -0.15) is 0 Å². The number of nitrogens with zero attached hydrogens (tertiary/aromatic N) is 1. The van der Waals surface area contributed by atoms with Gasteiger partial charge in [-0.25, -0.2) is 4.79 Å². The van der Waals surface area contributed by atoms with E-state index in [1.807, 2.05) is 42.2 Å². The van der Waals surface area contributed by atoms with Gasteiger partial charge >= 0.3 is 6.03 Å². The zero-order valence-electron chi connectivity index (χ0n) is 12.6. The van der Waals surface area contributed by atoms with Gasteiger partial charge < -0.3 is 10.1 Å². The summed E-state index contributed by atoms with van der Waals surface area (Å²) in [5.74, 6) is -0.317. The Balaban J connectivity index is 2.35. The Labute approximate surface area is 125 Å². The number of urea groups is 1. The Morgan fingerprint density at radius 3 is 2.57 bits per heavy atom. The molecule has 0 unspecified atom stereocenters. The summed E-state index contributed by atoms with van der Waals surface area (Å²) in [5, 5.41) is 4.84. The molecule has 0 atom stereocenters. The highest BCUT2D eigenvalue weighted by Crippen LogP contribution is 2.03. The molecule has 0 aliphatic heterocycles. The van der Waals surface area contributed by atoms with Crippen molar-refractivity contribution in [1.29, 1.82) is 0 Å². The molecule has 0 radical (unpaired) electrons. The second-order valence-corrected chi connectivity index (χ2v) is 4.59. The first-order valence-corrected chi connectivity index (χ1v) is 6.98. The lowest BCUT2D eigenvalue weighted by Gasteiger charge is -2.19. The lowest BCUT2D eigenvalue weighted by molar-refractivity contribution is -0.121. The third-order valence-corrected chi connectivity index (χ3v) is 2.91. The molecule has 0 bridgehead atoms. The van der Waals surface area contributed by atoms with Gasteiger partial charge in [-0.15, -0.1) is 0 Å². The third-order valence-electron chi connectivity index (χ3n) is 2.91. The van der Waals surface area contributed by atoms with Crippen molar-refractivity contribution in [2.75, 3.05) is 33.4 Å². The second-order valence-electron chi connectivity index (χ2n) is 4.59. The van der Waals surface area contributed by atoms with Gasteiger partial charge in [0.1, 0.15) is 0 Å². The standard InChI is InChI=1S/C15H23N3O3/c1-3-18(11-13-7-5-4-6-8-13)12-14(19)17-15(20)16-9-10-21-2/h4-8H,3,9-12H2,1-2H3,(H2,16,17,19,20). The molecule has 0 saturated heterocycles. The molecule has 1 aromatic carbocycles. The van der Waals surface area contributed by atoms with Gasteiger partial charge in [0.05, 0.1) is 13.2 Å². The quantitative estimate of drug-likeness (QED) is 0.701. The van der Waals surface area contributed by atoms with E-state index in [1.54, 1.807) is 7.11 Å². The van der Waals surface area contributed by atoms with Crippen LogP contribution in [0.3, 0.4) is 0 Å². The van der Waals surface area contributed by atoms with Crippen LogP contribution in [0, 0.1) is 0 Å². The van der Waals surface area contributed by atoms with Gasteiger partial charge in [-0.1, -0.05) is 37.3 Å². The van der Waals surface area contributed by atoms with E-state index in [9.17, 15) is 9.59 Å². The van der Waals surface area contributed by atoms with E-state index >= 15 is 0 Å². The molecule has 1 aromatic rings.